The highest BCUT2D eigenvalue weighted by Gasteiger charge is 2.34. The van der Waals surface area contributed by atoms with E-state index in [2.05, 4.69) is 27.8 Å². The number of hydrogen-bond acceptors (Lipinski definition) is 6. The lowest BCUT2D eigenvalue weighted by molar-refractivity contribution is -0.139. The fraction of sp³-hybridized carbons (Fsp3) is 0.474. The minimum atomic E-state index is -0.457. The second kappa shape index (κ2) is 8.99. The molecule has 1 aromatic heterocycles. The normalized spacial score (nSPS) is 16.0. The van der Waals surface area contributed by atoms with Crippen LogP contribution in [0.15, 0.2) is 35.5 Å². The van der Waals surface area contributed by atoms with Gasteiger partial charge in [0.05, 0.1) is 12.2 Å². The van der Waals surface area contributed by atoms with E-state index < -0.39 is 6.04 Å². The summed E-state index contributed by atoms with van der Waals surface area (Å²) in [4.78, 5) is 12.9. The average molecular weight is 390 g/mol. The fourth-order valence-electron chi connectivity index (χ4n) is 3.18. The van der Waals surface area contributed by atoms with E-state index in [1.807, 2.05) is 19.1 Å². The highest BCUT2D eigenvalue weighted by molar-refractivity contribution is 6.30. The molecule has 7 nitrogen and oxygen atoms in total. The largest absolute Gasteiger partial charge is 0.462 e. The van der Waals surface area contributed by atoms with Crippen LogP contribution >= 0.6 is 11.6 Å². The molecule has 144 valence electrons. The first-order valence-electron chi connectivity index (χ1n) is 9.30. The quantitative estimate of drug-likeness (QED) is 0.540. The van der Waals surface area contributed by atoms with Gasteiger partial charge in [-0.05, 0) is 41.5 Å². The maximum Gasteiger partial charge on any atom is 0.338 e. The summed E-state index contributed by atoms with van der Waals surface area (Å²) in [5.74, 6) is 0.139. The van der Waals surface area contributed by atoms with Crippen LogP contribution in [-0.4, -0.2) is 32.8 Å². The van der Waals surface area contributed by atoms with Crippen LogP contribution in [0, 0.1) is 0 Å². The van der Waals surface area contributed by atoms with Gasteiger partial charge in [0.25, 0.3) is 0 Å². The monoisotopic (exact) mass is 389 g/mol. The number of carbonyl (C=O) groups is 1. The van der Waals surface area contributed by atoms with E-state index in [0.29, 0.717) is 28.8 Å². The summed E-state index contributed by atoms with van der Waals surface area (Å²) in [5.41, 5.74) is 2.06. The number of ether oxygens (including phenoxy) is 1. The Morgan fingerprint density at radius 3 is 2.70 bits per heavy atom. The zero-order valence-electron chi connectivity index (χ0n) is 15.6. The Hall–Kier alpha value is -2.41. The molecule has 0 fully saturated rings. The maximum absolute atomic E-state index is 12.9. The van der Waals surface area contributed by atoms with Gasteiger partial charge in [-0.3, -0.25) is 0 Å². The molecule has 1 aliphatic heterocycles. The van der Waals surface area contributed by atoms with Gasteiger partial charge < -0.3 is 10.1 Å². The molecule has 0 spiro atoms. The van der Waals surface area contributed by atoms with Crippen LogP contribution in [0.5, 0.6) is 0 Å². The van der Waals surface area contributed by atoms with Gasteiger partial charge in [0.1, 0.15) is 6.04 Å². The first kappa shape index (κ1) is 19.4. The number of esters is 1. The van der Waals surface area contributed by atoms with Crippen molar-refractivity contribution in [3.05, 3.63) is 46.1 Å². The summed E-state index contributed by atoms with van der Waals surface area (Å²) in [5, 5.41) is 15.5. The van der Waals surface area contributed by atoms with Crippen molar-refractivity contribution in [2.24, 2.45) is 0 Å². The van der Waals surface area contributed by atoms with Crippen molar-refractivity contribution < 1.29 is 9.53 Å². The summed E-state index contributed by atoms with van der Waals surface area (Å²) < 4.78 is 7.15. The topological polar surface area (TPSA) is 81.9 Å². The first-order valence-corrected chi connectivity index (χ1v) is 9.68. The molecule has 1 atom stereocenters. The van der Waals surface area contributed by atoms with Gasteiger partial charge in [-0.1, -0.05) is 61.4 Å². The standard InChI is InChI=1S/C19H24ClN5O2/c1-3-4-5-6-7-12-27-18(26)16-13(2)21-19-22-23-24-25(19)17(16)14-8-10-15(20)11-9-14/h8-11,17H,3-7,12H2,1-2H3,(H,21,22,24)/t17-/m0/s1. The highest BCUT2D eigenvalue weighted by Crippen LogP contribution is 2.35. The van der Waals surface area contributed by atoms with E-state index in [-0.39, 0.29) is 5.97 Å². The Kier molecular flexibility index (Phi) is 6.45. The van der Waals surface area contributed by atoms with Crippen LogP contribution < -0.4 is 5.32 Å². The molecule has 0 radical (unpaired) electrons. The molecule has 27 heavy (non-hydrogen) atoms. The fourth-order valence-corrected chi connectivity index (χ4v) is 3.30. The van der Waals surface area contributed by atoms with Crippen molar-refractivity contribution >= 4 is 23.5 Å². The van der Waals surface area contributed by atoms with Gasteiger partial charge in [-0.25, -0.2) is 4.79 Å². The second-order valence-electron chi connectivity index (χ2n) is 6.61. The molecule has 0 bridgehead atoms. The Bertz CT molecular complexity index is 816. The number of rotatable bonds is 8. The maximum atomic E-state index is 12.9. The van der Waals surface area contributed by atoms with Gasteiger partial charge >= 0.3 is 5.97 Å². The summed E-state index contributed by atoms with van der Waals surface area (Å²) >= 11 is 6.01. The second-order valence-corrected chi connectivity index (χ2v) is 7.05. The predicted molar refractivity (Wildman–Crippen MR) is 103 cm³/mol. The minimum absolute atomic E-state index is 0.350. The van der Waals surface area contributed by atoms with Crippen LogP contribution in [0.3, 0.4) is 0 Å². The van der Waals surface area contributed by atoms with Crippen molar-refractivity contribution in [1.29, 1.82) is 0 Å². The molecule has 2 heterocycles. The lowest BCUT2D eigenvalue weighted by atomic mass is 9.96. The predicted octanol–water partition coefficient (Wildman–Crippen LogP) is 4.13. The third kappa shape index (κ3) is 4.47. The number of nitrogens with one attached hydrogen (secondary N) is 1. The molecular formula is C19H24ClN5O2. The molecule has 0 unspecified atom stereocenters. The minimum Gasteiger partial charge on any atom is -0.462 e. The Morgan fingerprint density at radius 2 is 1.96 bits per heavy atom. The lowest BCUT2D eigenvalue weighted by Crippen LogP contribution is -2.29. The Balaban J connectivity index is 1.78. The van der Waals surface area contributed by atoms with E-state index >= 15 is 0 Å². The molecule has 2 aromatic rings. The van der Waals surface area contributed by atoms with Crippen molar-refractivity contribution in [3.8, 4) is 0 Å². The number of carbonyl (C=O) groups excluding carboxylic acids is 1. The average Bonchev–Trinajstić information content (AvgIpc) is 3.12. The van der Waals surface area contributed by atoms with Crippen molar-refractivity contribution in [1.82, 2.24) is 20.2 Å². The number of halogens is 1. The van der Waals surface area contributed by atoms with Gasteiger partial charge in [0, 0.05) is 10.7 Å². The van der Waals surface area contributed by atoms with Crippen LogP contribution in [0.4, 0.5) is 5.95 Å². The number of allylic oxidation sites excluding steroid dienone is 1. The van der Waals surface area contributed by atoms with Crippen LogP contribution in [0.2, 0.25) is 5.02 Å². The number of fused-ring (bicyclic) bond motifs is 1. The zero-order valence-corrected chi connectivity index (χ0v) is 16.4. The van der Waals surface area contributed by atoms with Gasteiger partial charge in [0.2, 0.25) is 5.95 Å². The molecule has 0 saturated heterocycles. The SMILES string of the molecule is CCCCCCCOC(=O)C1=C(C)Nc2nnnn2[C@H]1c1ccc(Cl)cc1. The highest BCUT2D eigenvalue weighted by atomic mass is 35.5. The van der Waals surface area contributed by atoms with E-state index in [0.717, 1.165) is 18.4 Å². The van der Waals surface area contributed by atoms with Gasteiger partial charge in [-0.15, -0.1) is 0 Å². The first-order chi connectivity index (χ1) is 13.1. The molecule has 0 amide bonds. The zero-order chi connectivity index (χ0) is 19.2. The van der Waals surface area contributed by atoms with Gasteiger partial charge in [0.15, 0.2) is 0 Å². The summed E-state index contributed by atoms with van der Waals surface area (Å²) in [6.07, 6.45) is 5.50. The van der Waals surface area contributed by atoms with Crippen LogP contribution in [0.1, 0.15) is 57.6 Å². The number of nitrogens with zero attached hydrogens (tertiary/aromatic N) is 4. The molecule has 1 aromatic carbocycles. The van der Waals surface area contributed by atoms with E-state index in [1.54, 1.807) is 16.8 Å². The molecule has 3 rings (SSSR count). The summed E-state index contributed by atoms with van der Waals surface area (Å²) in [6.45, 7) is 4.42. The smallest absolute Gasteiger partial charge is 0.338 e. The van der Waals surface area contributed by atoms with Crippen LogP contribution in [0.25, 0.3) is 0 Å². The number of benzene rings is 1. The number of aromatic nitrogens is 4. The number of anilines is 1. The molecular weight excluding hydrogens is 366 g/mol. The lowest BCUT2D eigenvalue weighted by Gasteiger charge is -2.27. The van der Waals surface area contributed by atoms with E-state index in [4.69, 9.17) is 16.3 Å². The van der Waals surface area contributed by atoms with Crippen LogP contribution in [-0.2, 0) is 9.53 Å². The van der Waals surface area contributed by atoms with Crippen molar-refractivity contribution in [2.75, 3.05) is 11.9 Å². The van der Waals surface area contributed by atoms with E-state index in [1.165, 1.54) is 19.3 Å². The summed E-state index contributed by atoms with van der Waals surface area (Å²) in [7, 11) is 0. The van der Waals surface area contributed by atoms with E-state index in [9.17, 15) is 4.79 Å². The Labute approximate surface area is 163 Å². The number of hydrogen-bond donors (Lipinski definition) is 1. The number of unbranched alkanes of at least 4 members (excludes halogenated alkanes) is 4. The third-order valence-electron chi connectivity index (χ3n) is 4.60. The van der Waals surface area contributed by atoms with Crippen molar-refractivity contribution in [3.63, 3.8) is 0 Å². The molecule has 1 aliphatic rings. The Morgan fingerprint density at radius 1 is 1.22 bits per heavy atom. The molecule has 8 heteroatoms. The molecule has 0 aliphatic carbocycles. The molecule has 1 N–H and O–H groups in total. The van der Waals surface area contributed by atoms with Gasteiger partial charge in [-0.2, -0.15) is 4.68 Å². The molecule has 0 saturated carbocycles. The van der Waals surface area contributed by atoms with Crippen molar-refractivity contribution in [2.45, 2.75) is 52.0 Å². The number of tetrazole rings is 1. The third-order valence-corrected chi connectivity index (χ3v) is 4.85. The summed E-state index contributed by atoms with van der Waals surface area (Å²) in [6, 6.07) is 6.86.